The Kier molecular flexibility index (Phi) is 17.9. The van der Waals surface area contributed by atoms with Crippen LogP contribution in [0.1, 0.15) is 109 Å². The molecule has 154 valence electrons. The second kappa shape index (κ2) is 18.7. The molecule has 5 heteroatoms. The van der Waals surface area contributed by atoms with Crippen molar-refractivity contribution in [3.8, 4) is 0 Å². The molecule has 0 aliphatic carbocycles. The Morgan fingerprint density at radius 3 is 1.38 bits per heavy atom. The summed E-state index contributed by atoms with van der Waals surface area (Å²) in [5.41, 5.74) is 0. The van der Waals surface area contributed by atoms with E-state index in [9.17, 15) is 9.59 Å². The lowest BCUT2D eigenvalue weighted by atomic mass is 10.0. The van der Waals surface area contributed by atoms with Crippen LogP contribution in [0.2, 0.25) is 0 Å². The molecule has 0 aliphatic heterocycles. The first-order chi connectivity index (χ1) is 12.6. The molecule has 0 rings (SSSR count). The van der Waals surface area contributed by atoms with Gasteiger partial charge < -0.3 is 14.9 Å². The maximum atomic E-state index is 10.7. The molecule has 5 nitrogen and oxygen atoms in total. The third kappa shape index (κ3) is 19.2. The molecule has 0 saturated heterocycles. The summed E-state index contributed by atoms with van der Waals surface area (Å²) in [7, 11) is 1.59. The van der Waals surface area contributed by atoms with Crippen molar-refractivity contribution < 1.29 is 24.5 Å². The van der Waals surface area contributed by atoms with Gasteiger partial charge in [0, 0.05) is 13.5 Å². The second-order valence-electron chi connectivity index (χ2n) is 7.34. The lowest BCUT2D eigenvalue weighted by molar-refractivity contribution is -0.140. The first kappa shape index (κ1) is 24.9. The average Bonchev–Trinajstić information content (AvgIpc) is 2.59. The number of hydrogen-bond donors (Lipinski definition) is 2. The molecule has 0 heterocycles. The number of aliphatic carboxylic acids is 2. The van der Waals surface area contributed by atoms with Gasteiger partial charge in [0.05, 0.1) is 12.5 Å². The number of unbranched alkanes of at least 4 members (excludes halogenated alkanes) is 13. The Morgan fingerprint density at radius 1 is 0.654 bits per heavy atom. The maximum Gasteiger partial charge on any atom is 0.305 e. The Bertz CT molecular complexity index is 343. The van der Waals surface area contributed by atoms with Crippen LogP contribution in [0.4, 0.5) is 0 Å². The number of carboxylic acid groups (broad SMARTS) is 2. The zero-order valence-electron chi connectivity index (χ0n) is 16.7. The lowest BCUT2D eigenvalue weighted by Gasteiger charge is -2.12. The molecule has 0 aromatic heterocycles. The standard InChI is InChI=1S/C21H40O5/c1-26-19(18-21(24)25)16-14-12-10-8-6-4-2-3-5-7-9-11-13-15-17-20(22)23/h19H,2-18H2,1H3,(H,22,23)(H,24,25). The van der Waals surface area contributed by atoms with Gasteiger partial charge in [-0.25, -0.2) is 0 Å². The fourth-order valence-corrected chi connectivity index (χ4v) is 3.27. The minimum atomic E-state index is -0.782. The molecule has 0 aromatic carbocycles. The summed E-state index contributed by atoms with van der Waals surface area (Å²) in [6.07, 6.45) is 18.0. The van der Waals surface area contributed by atoms with Gasteiger partial charge in [-0.2, -0.15) is 0 Å². The normalized spacial score (nSPS) is 12.2. The third-order valence-electron chi connectivity index (χ3n) is 4.90. The molecule has 0 bridgehead atoms. The molecule has 0 spiro atoms. The van der Waals surface area contributed by atoms with E-state index < -0.39 is 11.9 Å². The van der Waals surface area contributed by atoms with Crippen molar-refractivity contribution >= 4 is 11.9 Å². The fraction of sp³-hybridized carbons (Fsp3) is 0.905. The first-order valence-corrected chi connectivity index (χ1v) is 10.5. The number of methoxy groups -OCH3 is 1. The van der Waals surface area contributed by atoms with Crippen LogP contribution >= 0.6 is 0 Å². The van der Waals surface area contributed by atoms with Gasteiger partial charge >= 0.3 is 11.9 Å². The zero-order valence-corrected chi connectivity index (χ0v) is 16.7. The minimum Gasteiger partial charge on any atom is -0.481 e. The molecule has 0 aromatic rings. The highest BCUT2D eigenvalue weighted by Gasteiger charge is 2.11. The van der Waals surface area contributed by atoms with Gasteiger partial charge in [-0.3, -0.25) is 9.59 Å². The molecule has 0 aliphatic rings. The fourth-order valence-electron chi connectivity index (χ4n) is 3.27. The summed E-state index contributed by atoms with van der Waals surface area (Å²) in [6.45, 7) is 0. The van der Waals surface area contributed by atoms with Crippen molar-refractivity contribution in [3.05, 3.63) is 0 Å². The van der Waals surface area contributed by atoms with E-state index in [0.29, 0.717) is 6.42 Å². The lowest BCUT2D eigenvalue weighted by Crippen LogP contribution is -2.15. The molecule has 1 unspecified atom stereocenters. The van der Waals surface area contributed by atoms with Crippen LogP contribution in [-0.2, 0) is 14.3 Å². The summed E-state index contributed by atoms with van der Waals surface area (Å²) < 4.78 is 5.19. The number of hydrogen-bond acceptors (Lipinski definition) is 3. The Balaban J connectivity index is 3.17. The molecular weight excluding hydrogens is 332 g/mol. The van der Waals surface area contributed by atoms with Crippen molar-refractivity contribution in [3.63, 3.8) is 0 Å². The van der Waals surface area contributed by atoms with Crippen LogP contribution in [0, 0.1) is 0 Å². The summed E-state index contributed by atoms with van der Waals surface area (Å²) in [4.78, 5) is 21.0. The minimum absolute atomic E-state index is 0.110. The van der Waals surface area contributed by atoms with Gasteiger partial charge in [-0.15, -0.1) is 0 Å². The van der Waals surface area contributed by atoms with Crippen molar-refractivity contribution in [2.45, 2.75) is 115 Å². The predicted octanol–water partition coefficient (Wildman–Crippen LogP) is 5.80. The summed E-state index contributed by atoms with van der Waals surface area (Å²) in [5, 5.41) is 17.3. The van der Waals surface area contributed by atoms with Crippen LogP contribution in [0.5, 0.6) is 0 Å². The molecular formula is C21H40O5. The van der Waals surface area contributed by atoms with Crippen LogP contribution < -0.4 is 0 Å². The van der Waals surface area contributed by atoms with Crippen LogP contribution in [0.25, 0.3) is 0 Å². The number of ether oxygens (including phenoxy) is 1. The molecule has 2 N–H and O–H groups in total. The molecule has 0 amide bonds. The van der Waals surface area contributed by atoms with Crippen molar-refractivity contribution in [1.82, 2.24) is 0 Å². The van der Waals surface area contributed by atoms with Crippen molar-refractivity contribution in [2.24, 2.45) is 0 Å². The van der Waals surface area contributed by atoms with E-state index in [0.717, 1.165) is 25.7 Å². The van der Waals surface area contributed by atoms with Gasteiger partial charge in [0.1, 0.15) is 0 Å². The monoisotopic (exact) mass is 372 g/mol. The Morgan fingerprint density at radius 2 is 1.04 bits per heavy atom. The van der Waals surface area contributed by atoms with E-state index in [2.05, 4.69) is 0 Å². The Labute approximate surface area is 159 Å². The highest BCUT2D eigenvalue weighted by Crippen LogP contribution is 2.15. The zero-order chi connectivity index (χ0) is 19.5. The maximum absolute atomic E-state index is 10.7. The highest BCUT2D eigenvalue weighted by atomic mass is 16.5. The van der Waals surface area contributed by atoms with Crippen LogP contribution in [0.15, 0.2) is 0 Å². The summed E-state index contributed by atoms with van der Waals surface area (Å²) >= 11 is 0. The largest absolute Gasteiger partial charge is 0.481 e. The third-order valence-corrected chi connectivity index (χ3v) is 4.90. The van der Waals surface area contributed by atoms with Gasteiger partial charge in [0.15, 0.2) is 0 Å². The summed E-state index contributed by atoms with van der Waals surface area (Å²) in [6, 6.07) is 0. The molecule has 0 fully saturated rings. The Hall–Kier alpha value is -1.10. The number of carbonyl (C=O) groups is 2. The van der Waals surface area contributed by atoms with Crippen molar-refractivity contribution in [2.75, 3.05) is 7.11 Å². The molecule has 0 radical (unpaired) electrons. The van der Waals surface area contributed by atoms with E-state index >= 15 is 0 Å². The van der Waals surface area contributed by atoms with E-state index in [-0.39, 0.29) is 12.5 Å². The van der Waals surface area contributed by atoms with Crippen molar-refractivity contribution in [1.29, 1.82) is 0 Å². The highest BCUT2D eigenvalue weighted by molar-refractivity contribution is 5.67. The topological polar surface area (TPSA) is 83.8 Å². The van der Waals surface area contributed by atoms with Crippen LogP contribution in [-0.4, -0.2) is 35.4 Å². The molecule has 1 atom stereocenters. The van der Waals surface area contributed by atoms with E-state index in [1.54, 1.807) is 7.11 Å². The van der Waals surface area contributed by atoms with Gasteiger partial charge in [0.2, 0.25) is 0 Å². The van der Waals surface area contributed by atoms with E-state index in [1.165, 1.54) is 70.6 Å². The first-order valence-electron chi connectivity index (χ1n) is 10.5. The van der Waals surface area contributed by atoms with Gasteiger partial charge in [-0.1, -0.05) is 83.5 Å². The van der Waals surface area contributed by atoms with Gasteiger partial charge in [0.25, 0.3) is 0 Å². The smallest absolute Gasteiger partial charge is 0.305 e. The average molecular weight is 373 g/mol. The number of carboxylic acids is 2. The van der Waals surface area contributed by atoms with Crippen LogP contribution in [0.3, 0.4) is 0 Å². The predicted molar refractivity (Wildman–Crippen MR) is 105 cm³/mol. The summed E-state index contributed by atoms with van der Waals surface area (Å²) in [5.74, 6) is -1.46. The second-order valence-corrected chi connectivity index (χ2v) is 7.34. The van der Waals surface area contributed by atoms with Gasteiger partial charge in [-0.05, 0) is 12.8 Å². The number of rotatable bonds is 20. The molecule has 0 saturated carbocycles. The van der Waals surface area contributed by atoms with E-state index in [4.69, 9.17) is 14.9 Å². The SMILES string of the molecule is COC(CCCCCCCCCCCCCCCCC(=O)O)CC(=O)O. The quantitative estimate of drug-likeness (QED) is 0.264. The van der Waals surface area contributed by atoms with E-state index in [1.807, 2.05) is 0 Å². The molecule has 26 heavy (non-hydrogen) atoms.